The Morgan fingerprint density at radius 1 is 0.250 bits per heavy atom. The fraction of sp³-hybridized carbons (Fsp3) is 1.00. The first-order chi connectivity index (χ1) is 13.2. The second-order valence-corrected chi connectivity index (χ2v) is 8.56. The Morgan fingerprint density at radius 3 is 0.500 bits per heavy atom. The van der Waals surface area contributed by atoms with Crippen molar-refractivity contribution in [1.82, 2.24) is 0 Å². The summed E-state index contributed by atoms with van der Waals surface area (Å²) in [5.41, 5.74) is 0. The van der Waals surface area contributed by atoms with E-state index in [0.717, 1.165) is 0 Å². The lowest BCUT2D eigenvalue weighted by atomic mass is 9.88. The molecule has 0 aliphatic rings. The van der Waals surface area contributed by atoms with Crippen LogP contribution in [0.25, 0.3) is 0 Å². The van der Waals surface area contributed by atoms with Gasteiger partial charge in [-0.15, -0.1) is 0 Å². The van der Waals surface area contributed by atoms with Crippen LogP contribution in [-0.2, 0) is 0 Å². The number of hydrogen-bond acceptors (Lipinski definition) is 0. The van der Waals surface area contributed by atoms with Gasteiger partial charge >= 0.3 is 55.2 Å². The molecule has 2 unspecified atom stereocenters. The highest BCUT2D eigenvalue weighted by Crippen LogP contribution is 2.67. The minimum absolute atomic E-state index is 1.37. The first kappa shape index (κ1) is 32.1. The van der Waals surface area contributed by atoms with Crippen molar-refractivity contribution in [2.75, 3.05) is 0 Å². The van der Waals surface area contributed by atoms with Crippen LogP contribution in [0.5, 0.6) is 0 Å². The minimum atomic E-state index is -8.84. The summed E-state index contributed by atoms with van der Waals surface area (Å²) < 4.78 is 245. The molecule has 0 amide bonds. The lowest BCUT2D eigenvalue weighted by molar-refractivity contribution is -0.446. The molecule has 0 N–H and O–H groups in total. The van der Waals surface area contributed by atoms with Crippen LogP contribution in [0.3, 0.4) is 0 Å². The van der Waals surface area contributed by atoms with Gasteiger partial charge in [0.1, 0.15) is 0 Å². The van der Waals surface area contributed by atoms with Crippen molar-refractivity contribution in [3.05, 3.63) is 0 Å². The molecule has 0 aromatic carbocycles. The van der Waals surface area contributed by atoms with E-state index >= 15 is 0 Å². The van der Waals surface area contributed by atoms with Gasteiger partial charge in [-0.25, -0.2) is 8.78 Å². The normalized spacial score (nSPS) is 20.1. The fourth-order valence-corrected chi connectivity index (χ4v) is 2.22. The molecule has 0 spiro atoms. The predicted molar refractivity (Wildman–Crippen MR) is 77.5 cm³/mol. The zero-order chi connectivity index (χ0) is 27.0. The highest BCUT2D eigenvalue weighted by atomic mass is 127. The van der Waals surface area contributed by atoms with Gasteiger partial charge in [0.15, 0.2) is 0 Å². The highest BCUT2D eigenvalue weighted by molar-refractivity contribution is 14.1. The topological polar surface area (TPSA) is 0 Å². The second kappa shape index (κ2) is 7.78. The highest BCUT2D eigenvalue weighted by Gasteiger charge is 2.96. The summed E-state index contributed by atoms with van der Waals surface area (Å²) in [6.07, 6.45) is -14.6. The molecule has 0 saturated heterocycles. The maximum Gasteiger partial charge on any atom is 0.438 e. The third-order valence-corrected chi connectivity index (χ3v) is 6.05. The third-order valence-electron chi connectivity index (χ3n) is 3.47. The molecule has 0 heterocycles. The van der Waals surface area contributed by atoms with Gasteiger partial charge in [-0.1, -0.05) is 0 Å². The molecular formula is C10F20I2. The Morgan fingerprint density at radius 2 is 0.375 bits per heavy atom. The van der Waals surface area contributed by atoms with Gasteiger partial charge in [0.05, 0.1) is 0 Å². The molecule has 22 heteroatoms. The van der Waals surface area contributed by atoms with E-state index in [1.54, 1.807) is 0 Å². The van der Waals surface area contributed by atoms with Crippen LogP contribution < -0.4 is 0 Å². The quantitative estimate of drug-likeness (QED) is 0.140. The molecular weight excluding hydrogens is 754 g/mol. The van der Waals surface area contributed by atoms with Crippen LogP contribution in [0.1, 0.15) is 0 Å². The number of halogens is 22. The predicted octanol–water partition coefficient (Wildman–Crippen LogP) is 8.12. The van der Waals surface area contributed by atoms with Gasteiger partial charge in [-0.3, -0.25) is 0 Å². The minimum Gasteiger partial charge on any atom is -0.215 e. The monoisotopic (exact) mass is 754 g/mol. The molecule has 0 aromatic heterocycles. The van der Waals surface area contributed by atoms with Crippen molar-refractivity contribution < 1.29 is 87.8 Å². The Balaban J connectivity index is 7.00. The van der Waals surface area contributed by atoms with Crippen LogP contribution in [0.4, 0.5) is 87.8 Å². The molecule has 0 aliphatic heterocycles. The molecule has 0 fully saturated rings. The number of alkyl halides is 22. The zero-order valence-electron chi connectivity index (χ0n) is 13.3. The van der Waals surface area contributed by atoms with Gasteiger partial charge in [-0.2, -0.15) is 79.0 Å². The van der Waals surface area contributed by atoms with E-state index in [2.05, 4.69) is 0 Å². The van der Waals surface area contributed by atoms with Crippen LogP contribution in [-0.4, -0.2) is 55.2 Å². The van der Waals surface area contributed by atoms with Crippen LogP contribution in [0.15, 0.2) is 0 Å². The first-order valence-corrected chi connectivity index (χ1v) is 8.57. The van der Waals surface area contributed by atoms with Crippen molar-refractivity contribution in [2.24, 2.45) is 0 Å². The summed E-state index contributed by atoms with van der Waals surface area (Å²) in [7, 11) is 0. The van der Waals surface area contributed by atoms with E-state index < -0.39 is 100 Å². The maximum atomic E-state index is 13.4. The summed E-state index contributed by atoms with van der Waals surface area (Å²) in [6, 6.07) is 0. The molecule has 32 heavy (non-hydrogen) atoms. The summed E-state index contributed by atoms with van der Waals surface area (Å²) >= 11 is -2.73. The zero-order valence-corrected chi connectivity index (χ0v) is 17.6. The second-order valence-electron chi connectivity index (χ2n) is 5.59. The summed E-state index contributed by atoms with van der Waals surface area (Å²) in [4.78, 5) is 0. The Labute approximate surface area is 188 Å². The molecule has 0 radical (unpaired) electrons. The smallest absolute Gasteiger partial charge is 0.215 e. The molecule has 0 rings (SSSR count). The summed E-state index contributed by atoms with van der Waals surface area (Å²) in [5.74, 6) is -51.3. The van der Waals surface area contributed by atoms with E-state index in [0.29, 0.717) is 0 Å². The van der Waals surface area contributed by atoms with E-state index in [1.807, 2.05) is 0 Å². The average Bonchev–Trinajstić information content (AvgIpc) is 2.51. The Hall–Kier alpha value is 0.0600. The first-order valence-electron chi connectivity index (χ1n) is 6.41. The standard InChI is InChI=1S/C10F20I2/c11-1(12,3(15,16)5(19,20)7(23,31)9(25,26)27)2(13,14)4(17,18)6(21,22)8(24,32)10(28,29)30. The SMILES string of the molecule is FC(F)(F)C(F)(I)C(F)(F)C(F)(F)C(F)(F)C(F)(F)C(F)(F)C(F)(F)C(F)(I)C(F)(F)F. The Kier molecular flexibility index (Phi) is 7.80. The van der Waals surface area contributed by atoms with Crippen molar-refractivity contribution in [3.63, 3.8) is 0 Å². The Bertz CT molecular complexity index is 636. The maximum absolute atomic E-state index is 13.4. The van der Waals surface area contributed by atoms with Gasteiger partial charge in [0.25, 0.3) is 0 Å². The van der Waals surface area contributed by atoms with Gasteiger partial charge < -0.3 is 0 Å². The third kappa shape index (κ3) is 3.86. The van der Waals surface area contributed by atoms with E-state index in [9.17, 15) is 87.8 Å². The molecule has 0 bridgehead atoms. The van der Waals surface area contributed by atoms with Crippen molar-refractivity contribution in [3.8, 4) is 0 Å². The summed E-state index contributed by atoms with van der Waals surface area (Å²) in [6.45, 7) is 0. The average molecular weight is 754 g/mol. The van der Waals surface area contributed by atoms with Crippen LogP contribution in [0.2, 0.25) is 0 Å². The molecule has 0 saturated carbocycles. The fourth-order valence-electron chi connectivity index (χ4n) is 1.54. The van der Waals surface area contributed by atoms with Crippen LogP contribution >= 0.6 is 45.2 Å². The van der Waals surface area contributed by atoms with Crippen molar-refractivity contribution in [2.45, 2.75) is 55.2 Å². The van der Waals surface area contributed by atoms with E-state index in [1.165, 1.54) is 0 Å². The van der Waals surface area contributed by atoms with Crippen molar-refractivity contribution in [1.29, 1.82) is 0 Å². The molecule has 0 nitrogen and oxygen atoms in total. The summed E-state index contributed by atoms with van der Waals surface area (Å²) in [5, 5.41) is 0. The van der Waals surface area contributed by atoms with E-state index in [4.69, 9.17) is 0 Å². The molecule has 0 aromatic rings. The number of hydrogen-bond donors (Lipinski definition) is 0. The van der Waals surface area contributed by atoms with E-state index in [-0.39, 0.29) is 0 Å². The molecule has 194 valence electrons. The largest absolute Gasteiger partial charge is 0.438 e. The lowest BCUT2D eigenvalue weighted by Gasteiger charge is -2.44. The van der Waals surface area contributed by atoms with Gasteiger partial charge in [0, 0.05) is 0 Å². The van der Waals surface area contributed by atoms with Crippen molar-refractivity contribution >= 4 is 45.2 Å². The molecule has 0 aliphatic carbocycles. The van der Waals surface area contributed by atoms with Gasteiger partial charge in [-0.05, 0) is 45.2 Å². The van der Waals surface area contributed by atoms with Gasteiger partial charge in [0.2, 0.25) is 0 Å². The number of rotatable bonds is 7. The molecule has 2 atom stereocenters. The lowest BCUT2D eigenvalue weighted by Crippen LogP contribution is -2.76. The van der Waals surface area contributed by atoms with Crippen LogP contribution in [0, 0.1) is 0 Å².